The maximum Gasteiger partial charge on any atom is 0.305 e. The van der Waals surface area contributed by atoms with Gasteiger partial charge in [-0.05, 0) is 25.0 Å². The molecule has 114 valence electrons. The molecule has 0 radical (unpaired) electrons. The summed E-state index contributed by atoms with van der Waals surface area (Å²) in [5.74, 6) is -0.832. The highest BCUT2D eigenvalue weighted by molar-refractivity contribution is 7.16. The van der Waals surface area contributed by atoms with E-state index in [-0.39, 0.29) is 6.42 Å². The van der Waals surface area contributed by atoms with E-state index in [4.69, 9.17) is 5.11 Å². The molecule has 0 amide bonds. The molecule has 22 heavy (non-hydrogen) atoms. The molecule has 2 rings (SSSR count). The molecule has 1 heterocycles. The largest absolute Gasteiger partial charge is 0.481 e. The zero-order chi connectivity index (χ0) is 16.1. The second-order valence-corrected chi connectivity index (χ2v) is 6.33. The summed E-state index contributed by atoms with van der Waals surface area (Å²) >= 11 is 1.56. The normalized spacial score (nSPS) is 10.2. The van der Waals surface area contributed by atoms with Crippen molar-refractivity contribution in [2.75, 3.05) is 11.4 Å². The zero-order valence-electron chi connectivity index (χ0n) is 12.7. The molecule has 1 aromatic carbocycles. The lowest BCUT2D eigenvalue weighted by atomic mass is 10.1. The minimum absolute atomic E-state index is 0.0493. The van der Waals surface area contributed by atoms with Gasteiger partial charge in [0.15, 0.2) is 0 Å². The Hall–Kier alpha value is -2.32. The monoisotopic (exact) mass is 314 g/mol. The summed E-state index contributed by atoms with van der Waals surface area (Å²) < 4.78 is 0. The van der Waals surface area contributed by atoms with E-state index in [1.54, 1.807) is 11.3 Å². The van der Waals surface area contributed by atoms with Crippen LogP contribution in [0, 0.1) is 25.2 Å². The molecular formula is C17H18N2O2S. The highest BCUT2D eigenvalue weighted by atomic mass is 32.1. The van der Waals surface area contributed by atoms with Crippen LogP contribution in [0.5, 0.6) is 0 Å². The van der Waals surface area contributed by atoms with E-state index < -0.39 is 5.97 Å². The third-order valence-electron chi connectivity index (χ3n) is 3.58. The van der Waals surface area contributed by atoms with Gasteiger partial charge in [-0.2, -0.15) is 5.26 Å². The molecule has 0 fully saturated rings. The predicted molar refractivity (Wildman–Crippen MR) is 88.3 cm³/mol. The standard InChI is InChI=1S/C17H18N2O2S/c1-12-13(2)22-17(15(12)10-18)19(9-8-16(20)21)11-14-6-4-3-5-7-14/h3-7H,8-9,11H2,1-2H3,(H,20,21). The number of thiophene rings is 1. The summed E-state index contributed by atoms with van der Waals surface area (Å²) in [5.41, 5.74) is 2.74. The van der Waals surface area contributed by atoms with Crippen LogP contribution in [0.1, 0.15) is 28.0 Å². The molecule has 5 heteroatoms. The van der Waals surface area contributed by atoms with E-state index in [9.17, 15) is 10.1 Å². The van der Waals surface area contributed by atoms with Crippen molar-refractivity contribution < 1.29 is 9.90 Å². The Labute approximate surface area is 134 Å². The Morgan fingerprint density at radius 1 is 1.32 bits per heavy atom. The van der Waals surface area contributed by atoms with E-state index in [0.29, 0.717) is 18.7 Å². The average molecular weight is 314 g/mol. The topological polar surface area (TPSA) is 64.3 Å². The lowest BCUT2D eigenvalue weighted by molar-refractivity contribution is -0.136. The molecule has 0 aliphatic rings. The van der Waals surface area contributed by atoms with Crippen molar-refractivity contribution in [1.82, 2.24) is 0 Å². The fourth-order valence-corrected chi connectivity index (χ4v) is 3.38. The molecule has 0 saturated carbocycles. The van der Waals surface area contributed by atoms with E-state index in [1.165, 1.54) is 0 Å². The molecule has 0 unspecified atom stereocenters. The van der Waals surface area contributed by atoms with Gasteiger partial charge in [0.05, 0.1) is 12.0 Å². The highest BCUT2D eigenvalue weighted by Crippen LogP contribution is 2.35. The van der Waals surface area contributed by atoms with Gasteiger partial charge < -0.3 is 10.0 Å². The van der Waals surface area contributed by atoms with Gasteiger partial charge in [0.25, 0.3) is 0 Å². The van der Waals surface area contributed by atoms with Crippen LogP contribution < -0.4 is 4.90 Å². The van der Waals surface area contributed by atoms with Crippen LogP contribution in [-0.2, 0) is 11.3 Å². The van der Waals surface area contributed by atoms with Gasteiger partial charge >= 0.3 is 5.97 Å². The number of anilines is 1. The van der Waals surface area contributed by atoms with E-state index in [2.05, 4.69) is 6.07 Å². The Kier molecular flexibility index (Phi) is 5.18. The van der Waals surface area contributed by atoms with Crippen molar-refractivity contribution in [1.29, 1.82) is 5.26 Å². The summed E-state index contributed by atoms with van der Waals surface area (Å²) in [6.45, 7) is 4.91. The van der Waals surface area contributed by atoms with Crippen molar-refractivity contribution >= 4 is 22.3 Å². The highest BCUT2D eigenvalue weighted by Gasteiger charge is 2.19. The molecule has 0 aliphatic carbocycles. The number of carboxylic acid groups (broad SMARTS) is 1. The number of benzene rings is 1. The first-order chi connectivity index (χ1) is 10.5. The van der Waals surface area contributed by atoms with Crippen LogP contribution in [0.3, 0.4) is 0 Å². The first-order valence-electron chi connectivity index (χ1n) is 7.03. The molecule has 4 nitrogen and oxygen atoms in total. The number of hydrogen-bond acceptors (Lipinski definition) is 4. The van der Waals surface area contributed by atoms with Gasteiger partial charge in [-0.15, -0.1) is 11.3 Å². The summed E-state index contributed by atoms with van der Waals surface area (Å²) in [6, 6.07) is 12.1. The Balaban J connectivity index is 2.34. The van der Waals surface area contributed by atoms with Crippen LogP contribution >= 0.6 is 11.3 Å². The van der Waals surface area contributed by atoms with Crippen LogP contribution in [0.4, 0.5) is 5.00 Å². The second kappa shape index (κ2) is 7.10. The van der Waals surface area contributed by atoms with Gasteiger partial charge in [-0.1, -0.05) is 30.3 Å². The van der Waals surface area contributed by atoms with Gasteiger partial charge in [0, 0.05) is 18.0 Å². The minimum atomic E-state index is -0.832. The number of carbonyl (C=O) groups is 1. The van der Waals surface area contributed by atoms with Gasteiger partial charge in [0.2, 0.25) is 0 Å². The number of nitrogens with zero attached hydrogens (tertiary/aromatic N) is 2. The van der Waals surface area contributed by atoms with Crippen LogP contribution in [-0.4, -0.2) is 17.6 Å². The van der Waals surface area contributed by atoms with Gasteiger partial charge in [-0.25, -0.2) is 0 Å². The van der Waals surface area contributed by atoms with Crippen LogP contribution in [0.2, 0.25) is 0 Å². The lowest BCUT2D eigenvalue weighted by Gasteiger charge is -2.23. The zero-order valence-corrected chi connectivity index (χ0v) is 13.5. The Morgan fingerprint density at radius 3 is 2.59 bits per heavy atom. The summed E-state index contributed by atoms with van der Waals surface area (Å²) in [7, 11) is 0. The van der Waals surface area contributed by atoms with Crippen molar-refractivity contribution in [3.05, 3.63) is 51.9 Å². The van der Waals surface area contributed by atoms with Gasteiger partial charge in [-0.3, -0.25) is 4.79 Å². The molecular weight excluding hydrogens is 296 g/mol. The van der Waals surface area contributed by atoms with Crippen LogP contribution in [0.15, 0.2) is 30.3 Å². The molecule has 0 bridgehead atoms. The molecule has 0 aliphatic heterocycles. The number of carboxylic acids is 1. The number of nitriles is 1. The fourth-order valence-electron chi connectivity index (χ4n) is 2.25. The second-order valence-electron chi connectivity index (χ2n) is 5.13. The quantitative estimate of drug-likeness (QED) is 0.882. The average Bonchev–Trinajstić information content (AvgIpc) is 2.79. The van der Waals surface area contributed by atoms with E-state index in [1.807, 2.05) is 49.1 Å². The smallest absolute Gasteiger partial charge is 0.305 e. The Morgan fingerprint density at radius 2 is 2.00 bits per heavy atom. The molecule has 0 atom stereocenters. The van der Waals surface area contributed by atoms with E-state index in [0.717, 1.165) is 21.0 Å². The minimum Gasteiger partial charge on any atom is -0.481 e. The number of rotatable bonds is 6. The summed E-state index contributed by atoms with van der Waals surface area (Å²) in [4.78, 5) is 14.0. The molecule has 1 aromatic heterocycles. The lowest BCUT2D eigenvalue weighted by Crippen LogP contribution is -2.25. The van der Waals surface area contributed by atoms with Crippen molar-refractivity contribution in [3.8, 4) is 6.07 Å². The Bertz CT molecular complexity index is 701. The SMILES string of the molecule is Cc1sc(N(CCC(=O)O)Cc2ccccc2)c(C#N)c1C. The van der Waals surface area contributed by atoms with Gasteiger partial charge in [0.1, 0.15) is 11.1 Å². The molecule has 2 aromatic rings. The summed E-state index contributed by atoms with van der Waals surface area (Å²) in [6.07, 6.45) is 0.0493. The number of aryl methyl sites for hydroxylation is 1. The number of hydrogen-bond donors (Lipinski definition) is 1. The first kappa shape index (κ1) is 16.1. The van der Waals surface area contributed by atoms with Crippen LogP contribution in [0.25, 0.3) is 0 Å². The van der Waals surface area contributed by atoms with E-state index >= 15 is 0 Å². The van der Waals surface area contributed by atoms with Crippen molar-refractivity contribution in [2.45, 2.75) is 26.8 Å². The molecule has 1 N–H and O–H groups in total. The molecule has 0 saturated heterocycles. The maximum absolute atomic E-state index is 10.9. The fraction of sp³-hybridized carbons (Fsp3) is 0.294. The third-order valence-corrected chi connectivity index (χ3v) is 4.85. The first-order valence-corrected chi connectivity index (χ1v) is 7.85. The van der Waals surface area contributed by atoms with Crippen molar-refractivity contribution in [2.24, 2.45) is 0 Å². The summed E-state index contributed by atoms with van der Waals surface area (Å²) in [5, 5.41) is 19.3. The maximum atomic E-state index is 10.9. The third kappa shape index (κ3) is 3.66. The predicted octanol–water partition coefficient (Wildman–Crippen LogP) is 3.72. The molecule has 0 spiro atoms. The van der Waals surface area contributed by atoms with Crippen molar-refractivity contribution in [3.63, 3.8) is 0 Å². The number of aliphatic carboxylic acids is 1.